The number of fused-ring (bicyclic) bond motifs is 6. The van der Waals surface area contributed by atoms with Crippen LogP contribution < -0.4 is 24.8 Å². The summed E-state index contributed by atoms with van der Waals surface area (Å²) in [6.45, 7) is 6.64. The zero-order valence-corrected chi connectivity index (χ0v) is 23.2. The molecule has 0 nitrogen and oxygen atoms in total. The van der Waals surface area contributed by atoms with Crippen molar-refractivity contribution >= 4 is 21.5 Å². The summed E-state index contributed by atoms with van der Waals surface area (Å²) in [6, 6.07) is 32.9. The maximum atomic E-state index is 2.28. The van der Waals surface area contributed by atoms with E-state index in [-0.39, 0.29) is 51.0 Å². The first kappa shape index (κ1) is 27.5. The Hall–Kier alpha value is -1.79. The monoisotopic (exact) mass is 547 g/mol. The summed E-state index contributed by atoms with van der Waals surface area (Å²) in [5, 5.41) is 5.56. The second-order valence-corrected chi connectivity index (χ2v) is 8.36. The molecular weight excluding hydrogens is 522 g/mol. The molecule has 0 saturated heterocycles. The molecule has 0 heterocycles. The van der Waals surface area contributed by atoms with Gasteiger partial charge in [0, 0.05) is 5.92 Å². The minimum absolute atomic E-state index is 0. The molecule has 1 aliphatic rings. The average Bonchev–Trinajstić information content (AvgIpc) is 3.31. The van der Waals surface area contributed by atoms with E-state index >= 15 is 0 Å². The molecule has 0 atom stereocenters. The summed E-state index contributed by atoms with van der Waals surface area (Å²) in [7, 11) is 0. The first-order valence-corrected chi connectivity index (χ1v) is 10.9. The molecule has 5 aromatic rings. The molecule has 1 aliphatic carbocycles. The van der Waals surface area contributed by atoms with E-state index in [0.29, 0.717) is 5.92 Å². The van der Waals surface area contributed by atoms with E-state index in [2.05, 4.69) is 112 Å². The first-order chi connectivity index (χ1) is 14.7. The van der Waals surface area contributed by atoms with Gasteiger partial charge in [-0.05, 0) is 42.5 Å². The van der Waals surface area contributed by atoms with Crippen LogP contribution in [-0.2, 0) is 26.2 Å². The Balaban J connectivity index is 0.000000214. The third-order valence-corrected chi connectivity index (χ3v) is 6.54. The van der Waals surface area contributed by atoms with Crippen molar-refractivity contribution < 1.29 is 51.0 Å². The van der Waals surface area contributed by atoms with Gasteiger partial charge >= 0.3 is 26.2 Å². The molecule has 0 bridgehead atoms. The number of aryl methyl sites for hydroxylation is 2. The van der Waals surface area contributed by atoms with Crippen molar-refractivity contribution in [3.63, 3.8) is 0 Å². The fraction of sp³-hybridized carbons (Fsp3) is 0.167. The van der Waals surface area contributed by atoms with E-state index in [0.717, 1.165) is 0 Å². The molecular formula is C30H27Cl2Zr. The number of hydrogen-bond donors (Lipinski definition) is 0. The van der Waals surface area contributed by atoms with Crippen LogP contribution in [0.4, 0.5) is 0 Å². The van der Waals surface area contributed by atoms with Gasteiger partial charge in [0.25, 0.3) is 0 Å². The van der Waals surface area contributed by atoms with Crippen molar-refractivity contribution in [1.82, 2.24) is 0 Å². The van der Waals surface area contributed by atoms with Crippen LogP contribution in [0.3, 0.4) is 0 Å². The SMILES string of the molecule is CCC1c2ccccc2-c2ccccc21.Cc1cccc2[cH-]c3cccc(C)c3c12.[Cl-].[Cl-].[Zr+3]. The smallest absolute Gasteiger partial charge is 1.00 e. The van der Waals surface area contributed by atoms with Gasteiger partial charge in [-0.25, -0.2) is 0 Å². The Morgan fingerprint density at radius 1 is 0.606 bits per heavy atom. The van der Waals surface area contributed by atoms with Crippen LogP contribution in [0.1, 0.15) is 41.5 Å². The van der Waals surface area contributed by atoms with E-state index in [4.69, 9.17) is 0 Å². The van der Waals surface area contributed by atoms with Crippen LogP contribution in [0, 0.1) is 13.8 Å². The molecule has 0 saturated carbocycles. The second-order valence-electron chi connectivity index (χ2n) is 8.36. The number of halogens is 2. The topological polar surface area (TPSA) is 0 Å². The Kier molecular flexibility index (Phi) is 9.62. The minimum Gasteiger partial charge on any atom is -1.00 e. The van der Waals surface area contributed by atoms with Crippen molar-refractivity contribution in [3.8, 4) is 11.1 Å². The Morgan fingerprint density at radius 2 is 1.03 bits per heavy atom. The number of benzene rings is 4. The van der Waals surface area contributed by atoms with Gasteiger partial charge in [-0.3, -0.25) is 0 Å². The molecule has 0 aromatic heterocycles. The normalized spacial score (nSPS) is 11.4. The average molecular weight is 550 g/mol. The molecule has 0 unspecified atom stereocenters. The molecule has 5 aromatic carbocycles. The largest absolute Gasteiger partial charge is 3.00 e. The Bertz CT molecular complexity index is 1260. The standard InChI is InChI=1S/C15H13.C15H14.2ClH.Zr/c1-10-5-3-7-12-9-13-8-4-6-11(2)15(13)14(10)12;1-2-11-12-7-3-5-9-14(12)15-10-6-4-8-13(11)15;;;/h3-9H,1-2H3;3-11H,2H2,1H3;2*1H;/q-1;;;;+3/p-2. The Labute approximate surface area is 228 Å². The van der Waals surface area contributed by atoms with Gasteiger partial charge in [0.2, 0.25) is 0 Å². The van der Waals surface area contributed by atoms with Gasteiger partial charge in [-0.15, -0.1) is 39.7 Å². The molecule has 0 amide bonds. The van der Waals surface area contributed by atoms with Crippen LogP contribution in [0.25, 0.3) is 32.7 Å². The van der Waals surface area contributed by atoms with E-state index < -0.39 is 0 Å². The molecule has 3 heteroatoms. The van der Waals surface area contributed by atoms with Crippen LogP contribution in [0.2, 0.25) is 0 Å². The minimum atomic E-state index is 0. The molecule has 0 aliphatic heterocycles. The van der Waals surface area contributed by atoms with Crippen molar-refractivity contribution in [1.29, 1.82) is 0 Å². The first-order valence-electron chi connectivity index (χ1n) is 10.9. The second kappa shape index (κ2) is 11.6. The van der Waals surface area contributed by atoms with Gasteiger partial charge < -0.3 is 24.8 Å². The van der Waals surface area contributed by atoms with Crippen molar-refractivity contribution in [3.05, 3.63) is 113 Å². The fourth-order valence-electron chi connectivity index (χ4n) is 5.17. The third kappa shape index (κ3) is 4.88. The van der Waals surface area contributed by atoms with Gasteiger partial charge in [0.05, 0.1) is 0 Å². The zero-order valence-electron chi connectivity index (χ0n) is 19.2. The van der Waals surface area contributed by atoms with Crippen LogP contribution in [0.15, 0.2) is 91.0 Å². The summed E-state index contributed by atoms with van der Waals surface area (Å²) in [5.41, 5.74) is 8.61. The summed E-state index contributed by atoms with van der Waals surface area (Å²) in [6.07, 6.45) is 1.19. The quantitative estimate of drug-likeness (QED) is 0.282. The van der Waals surface area contributed by atoms with Crippen molar-refractivity contribution in [2.24, 2.45) is 0 Å². The van der Waals surface area contributed by atoms with Crippen LogP contribution in [0.5, 0.6) is 0 Å². The van der Waals surface area contributed by atoms with Gasteiger partial charge in [0.15, 0.2) is 0 Å². The maximum absolute atomic E-state index is 2.28. The number of rotatable bonds is 1. The summed E-state index contributed by atoms with van der Waals surface area (Å²) in [5.74, 6) is 0.609. The predicted octanol–water partition coefficient (Wildman–Crippen LogP) is 2.54. The zero-order chi connectivity index (χ0) is 20.7. The molecule has 0 N–H and O–H groups in total. The van der Waals surface area contributed by atoms with Gasteiger partial charge in [-0.1, -0.05) is 90.8 Å². The third-order valence-electron chi connectivity index (χ3n) is 6.54. The summed E-state index contributed by atoms with van der Waals surface area (Å²) < 4.78 is 0. The van der Waals surface area contributed by atoms with Crippen LogP contribution in [-0.4, -0.2) is 0 Å². The molecule has 0 spiro atoms. The molecule has 33 heavy (non-hydrogen) atoms. The predicted molar refractivity (Wildman–Crippen MR) is 131 cm³/mol. The van der Waals surface area contributed by atoms with E-state index in [1.165, 1.54) is 61.3 Å². The molecule has 165 valence electrons. The Morgan fingerprint density at radius 3 is 1.45 bits per heavy atom. The number of hydrogen-bond acceptors (Lipinski definition) is 0. The van der Waals surface area contributed by atoms with Gasteiger partial charge in [0.1, 0.15) is 0 Å². The maximum Gasteiger partial charge on any atom is 3.00 e. The van der Waals surface area contributed by atoms with Crippen molar-refractivity contribution in [2.45, 2.75) is 33.1 Å². The van der Waals surface area contributed by atoms with Crippen molar-refractivity contribution in [2.75, 3.05) is 0 Å². The molecule has 6 rings (SSSR count). The fourth-order valence-corrected chi connectivity index (χ4v) is 5.17. The molecule has 0 fully saturated rings. The van der Waals surface area contributed by atoms with E-state index in [9.17, 15) is 0 Å². The summed E-state index contributed by atoms with van der Waals surface area (Å²) >= 11 is 0. The van der Waals surface area contributed by atoms with Crippen LogP contribution >= 0.6 is 0 Å². The summed E-state index contributed by atoms with van der Waals surface area (Å²) in [4.78, 5) is 0. The van der Waals surface area contributed by atoms with E-state index in [1.54, 1.807) is 0 Å². The van der Waals surface area contributed by atoms with Gasteiger partial charge in [-0.2, -0.15) is 0 Å². The van der Waals surface area contributed by atoms with E-state index in [1.807, 2.05) is 0 Å². The molecule has 1 radical (unpaired) electrons.